The predicted molar refractivity (Wildman–Crippen MR) is 80.7 cm³/mol. The van der Waals surface area contributed by atoms with Gasteiger partial charge in [-0.1, -0.05) is 18.2 Å². The first-order valence-electron chi connectivity index (χ1n) is 6.63. The van der Waals surface area contributed by atoms with E-state index >= 15 is 0 Å². The molecule has 106 valence electrons. The van der Waals surface area contributed by atoms with Gasteiger partial charge in [-0.15, -0.1) is 0 Å². The molecule has 20 heavy (non-hydrogen) atoms. The van der Waals surface area contributed by atoms with Gasteiger partial charge < -0.3 is 20.1 Å². The second-order valence-corrected chi connectivity index (χ2v) is 5.26. The molecule has 0 aliphatic carbocycles. The van der Waals surface area contributed by atoms with Gasteiger partial charge in [-0.3, -0.25) is 0 Å². The largest absolute Gasteiger partial charge is 0.491 e. The van der Waals surface area contributed by atoms with Crippen LogP contribution in [0, 0.1) is 0 Å². The van der Waals surface area contributed by atoms with Gasteiger partial charge in [0.05, 0.1) is 13.2 Å². The average molecular weight is 291 g/mol. The van der Waals surface area contributed by atoms with E-state index in [9.17, 15) is 0 Å². The third kappa shape index (κ3) is 2.38. The quantitative estimate of drug-likeness (QED) is 0.941. The third-order valence-corrected chi connectivity index (χ3v) is 4.09. The number of para-hydroxylation sites is 1. The number of rotatable bonds is 3. The van der Waals surface area contributed by atoms with E-state index in [1.807, 2.05) is 25.1 Å². The first-order chi connectivity index (χ1) is 9.79. The number of ether oxygens (including phenoxy) is 2. The molecule has 0 saturated carbocycles. The normalized spacial score (nSPS) is 14.3. The number of hydrogen-bond donors (Lipinski definition) is 1. The van der Waals surface area contributed by atoms with Crippen LogP contribution in [0.5, 0.6) is 11.5 Å². The monoisotopic (exact) mass is 291 g/mol. The molecule has 0 atom stereocenters. The summed E-state index contributed by atoms with van der Waals surface area (Å²) < 4.78 is 15.6. The highest BCUT2D eigenvalue weighted by atomic mass is 32.1. The molecule has 0 fully saturated rings. The van der Waals surface area contributed by atoms with Crippen molar-refractivity contribution in [3.05, 3.63) is 29.8 Å². The SMILES string of the molecule is CCOc1c(N)nsc1N1CCOc2ccccc2C1. The third-order valence-electron chi connectivity index (χ3n) is 3.19. The molecule has 1 aliphatic rings. The summed E-state index contributed by atoms with van der Waals surface area (Å²) in [4.78, 5) is 2.21. The molecular weight excluding hydrogens is 274 g/mol. The summed E-state index contributed by atoms with van der Waals surface area (Å²) >= 11 is 1.38. The minimum Gasteiger partial charge on any atom is -0.491 e. The maximum atomic E-state index is 5.88. The van der Waals surface area contributed by atoms with Gasteiger partial charge in [0, 0.05) is 12.1 Å². The van der Waals surface area contributed by atoms with Crippen LogP contribution in [0.4, 0.5) is 10.8 Å². The molecule has 2 N–H and O–H groups in total. The zero-order chi connectivity index (χ0) is 13.9. The smallest absolute Gasteiger partial charge is 0.197 e. The Hall–Kier alpha value is -1.95. The first-order valence-corrected chi connectivity index (χ1v) is 7.40. The zero-order valence-electron chi connectivity index (χ0n) is 11.3. The molecule has 1 aromatic carbocycles. The van der Waals surface area contributed by atoms with Crippen LogP contribution in [0.25, 0.3) is 0 Å². The summed E-state index contributed by atoms with van der Waals surface area (Å²) in [5.41, 5.74) is 7.05. The number of nitrogens with zero attached hydrogens (tertiary/aromatic N) is 2. The van der Waals surface area contributed by atoms with Crippen LogP contribution in [0.3, 0.4) is 0 Å². The van der Waals surface area contributed by atoms with Gasteiger partial charge in [0.15, 0.2) is 16.6 Å². The summed E-state index contributed by atoms with van der Waals surface area (Å²) in [7, 11) is 0. The van der Waals surface area contributed by atoms with E-state index in [1.54, 1.807) is 0 Å². The highest BCUT2D eigenvalue weighted by molar-refractivity contribution is 7.11. The molecule has 5 nitrogen and oxygen atoms in total. The lowest BCUT2D eigenvalue weighted by Gasteiger charge is -2.20. The zero-order valence-corrected chi connectivity index (χ0v) is 12.2. The molecule has 0 bridgehead atoms. The van der Waals surface area contributed by atoms with Gasteiger partial charge in [0.25, 0.3) is 0 Å². The number of anilines is 2. The molecule has 0 unspecified atom stereocenters. The number of hydrogen-bond acceptors (Lipinski definition) is 6. The lowest BCUT2D eigenvalue weighted by Crippen LogP contribution is -2.24. The molecule has 0 amide bonds. The second kappa shape index (κ2) is 5.58. The standard InChI is InChI=1S/C14H17N3O2S/c1-2-18-12-13(15)16-20-14(12)17-7-8-19-11-6-4-3-5-10(11)9-17/h3-6H,2,7-9H2,1H3,(H2,15,16). The summed E-state index contributed by atoms with van der Waals surface area (Å²) in [6.07, 6.45) is 0. The topological polar surface area (TPSA) is 60.6 Å². The van der Waals surface area contributed by atoms with Crippen molar-refractivity contribution in [1.82, 2.24) is 4.37 Å². The van der Waals surface area contributed by atoms with Gasteiger partial charge in [0.2, 0.25) is 0 Å². The molecule has 0 saturated heterocycles. The Morgan fingerprint density at radius 3 is 3.15 bits per heavy atom. The molecule has 0 spiro atoms. The Morgan fingerprint density at radius 2 is 2.30 bits per heavy atom. The molecule has 6 heteroatoms. The summed E-state index contributed by atoms with van der Waals surface area (Å²) in [5.74, 6) is 2.10. The fourth-order valence-corrected chi connectivity index (χ4v) is 3.05. The van der Waals surface area contributed by atoms with Crippen molar-refractivity contribution < 1.29 is 9.47 Å². The van der Waals surface area contributed by atoms with E-state index in [0.717, 1.165) is 23.8 Å². The average Bonchev–Trinajstić information content (AvgIpc) is 2.71. The number of fused-ring (bicyclic) bond motifs is 1. The number of nitrogen functional groups attached to an aromatic ring is 1. The first kappa shape index (κ1) is 13.1. The fourth-order valence-electron chi connectivity index (χ4n) is 2.27. The van der Waals surface area contributed by atoms with E-state index < -0.39 is 0 Å². The van der Waals surface area contributed by atoms with Gasteiger partial charge >= 0.3 is 0 Å². The van der Waals surface area contributed by atoms with Gasteiger partial charge in [-0.25, -0.2) is 0 Å². The summed E-state index contributed by atoms with van der Waals surface area (Å²) in [6, 6.07) is 8.10. The minimum absolute atomic E-state index is 0.463. The van der Waals surface area contributed by atoms with Crippen molar-refractivity contribution in [2.75, 3.05) is 30.4 Å². The number of benzene rings is 1. The van der Waals surface area contributed by atoms with Crippen LogP contribution < -0.4 is 20.1 Å². The van der Waals surface area contributed by atoms with Crippen molar-refractivity contribution in [3.8, 4) is 11.5 Å². The Balaban J connectivity index is 1.91. The molecule has 1 aliphatic heterocycles. The molecule has 1 aromatic heterocycles. The lowest BCUT2D eigenvalue weighted by molar-refractivity contribution is 0.329. The number of nitrogens with two attached hydrogens (primary N) is 1. The second-order valence-electron chi connectivity index (χ2n) is 4.51. The summed E-state index contributed by atoms with van der Waals surface area (Å²) in [6.45, 7) is 4.73. The van der Waals surface area contributed by atoms with Crippen molar-refractivity contribution >= 4 is 22.4 Å². The van der Waals surface area contributed by atoms with E-state index in [-0.39, 0.29) is 0 Å². The van der Waals surface area contributed by atoms with E-state index in [1.165, 1.54) is 17.1 Å². The highest BCUT2D eigenvalue weighted by Gasteiger charge is 2.22. The van der Waals surface area contributed by atoms with Crippen molar-refractivity contribution in [1.29, 1.82) is 0 Å². The Morgan fingerprint density at radius 1 is 1.45 bits per heavy atom. The van der Waals surface area contributed by atoms with Gasteiger partial charge in [-0.2, -0.15) is 4.37 Å². The van der Waals surface area contributed by atoms with Crippen molar-refractivity contribution in [2.45, 2.75) is 13.5 Å². The maximum absolute atomic E-state index is 5.88. The van der Waals surface area contributed by atoms with Crippen LogP contribution in [0.2, 0.25) is 0 Å². The molecule has 0 radical (unpaired) electrons. The van der Waals surface area contributed by atoms with Crippen LogP contribution in [0.15, 0.2) is 24.3 Å². The van der Waals surface area contributed by atoms with Gasteiger partial charge in [-0.05, 0) is 24.5 Å². The van der Waals surface area contributed by atoms with Crippen LogP contribution >= 0.6 is 11.5 Å². The molecule has 2 aromatic rings. The van der Waals surface area contributed by atoms with E-state index in [2.05, 4.69) is 15.3 Å². The fraction of sp³-hybridized carbons (Fsp3) is 0.357. The lowest BCUT2D eigenvalue weighted by atomic mass is 10.2. The minimum atomic E-state index is 0.463. The highest BCUT2D eigenvalue weighted by Crippen LogP contribution is 2.40. The molecular formula is C14H17N3O2S. The van der Waals surface area contributed by atoms with Crippen molar-refractivity contribution in [2.24, 2.45) is 0 Å². The molecule has 2 heterocycles. The Bertz CT molecular complexity index is 600. The Labute approximate surface area is 122 Å². The Kier molecular flexibility index (Phi) is 3.64. The van der Waals surface area contributed by atoms with E-state index in [4.69, 9.17) is 15.2 Å². The van der Waals surface area contributed by atoms with Crippen LogP contribution in [-0.4, -0.2) is 24.1 Å². The molecule has 3 rings (SSSR count). The van der Waals surface area contributed by atoms with Crippen LogP contribution in [-0.2, 0) is 6.54 Å². The van der Waals surface area contributed by atoms with E-state index in [0.29, 0.717) is 24.8 Å². The maximum Gasteiger partial charge on any atom is 0.197 e. The van der Waals surface area contributed by atoms with Crippen LogP contribution in [0.1, 0.15) is 12.5 Å². The van der Waals surface area contributed by atoms with Crippen molar-refractivity contribution in [3.63, 3.8) is 0 Å². The summed E-state index contributed by atoms with van der Waals surface area (Å²) in [5, 5.41) is 0.977. The van der Waals surface area contributed by atoms with Gasteiger partial charge in [0.1, 0.15) is 12.4 Å². The number of aromatic nitrogens is 1. The predicted octanol–water partition coefficient (Wildman–Crippen LogP) is 2.52.